The first kappa shape index (κ1) is 13.4. The average molecular weight is 257 g/mol. The molecule has 1 radical (unpaired) electrons. The fourth-order valence-electron chi connectivity index (χ4n) is 2.01. The first-order chi connectivity index (χ1) is 8.27. The van der Waals surface area contributed by atoms with Crippen LogP contribution in [0.4, 0.5) is 0 Å². The minimum atomic E-state index is -1.58. The van der Waals surface area contributed by atoms with Crippen molar-refractivity contribution in [3.05, 3.63) is 24.5 Å². The molecule has 2 aromatic heterocycles. The van der Waals surface area contributed by atoms with Gasteiger partial charge in [0.1, 0.15) is 12.9 Å². The first-order valence-corrected chi connectivity index (χ1v) is 9.49. The van der Waals surface area contributed by atoms with Gasteiger partial charge in [0.05, 0.1) is 0 Å². The lowest BCUT2D eigenvalue weighted by Crippen LogP contribution is -2.45. The van der Waals surface area contributed by atoms with E-state index >= 15 is 0 Å². The topological polar surface area (TPSA) is 17.8 Å². The van der Waals surface area contributed by atoms with Crippen molar-refractivity contribution in [2.75, 3.05) is 0 Å². The van der Waals surface area contributed by atoms with Crippen molar-refractivity contribution >= 4 is 32.0 Å². The maximum Gasteiger partial charge on any atom is 0.163 e. The molecule has 0 N–H and O–H groups in total. The molecule has 0 unspecified atom stereocenters. The molecule has 2 heterocycles. The van der Waals surface area contributed by atoms with Crippen molar-refractivity contribution in [3.8, 4) is 0 Å². The van der Waals surface area contributed by atoms with E-state index in [1.807, 2.05) is 13.0 Å². The van der Waals surface area contributed by atoms with Gasteiger partial charge in [-0.1, -0.05) is 52.2 Å². The van der Waals surface area contributed by atoms with Crippen molar-refractivity contribution in [2.45, 2.75) is 45.7 Å². The molecule has 0 saturated heterocycles. The number of rotatable bonds is 2. The van der Waals surface area contributed by atoms with Gasteiger partial charge in [-0.3, -0.25) is 0 Å². The highest BCUT2D eigenvalue weighted by Gasteiger charge is 2.38. The molecule has 0 aliphatic rings. The van der Waals surface area contributed by atoms with Crippen LogP contribution in [0.3, 0.4) is 0 Å². The van der Waals surface area contributed by atoms with Gasteiger partial charge in [-0.05, 0) is 17.3 Å². The van der Waals surface area contributed by atoms with Crippen LogP contribution in [-0.4, -0.2) is 24.7 Å². The van der Waals surface area contributed by atoms with Crippen molar-refractivity contribution in [1.82, 2.24) is 9.22 Å². The van der Waals surface area contributed by atoms with Crippen LogP contribution in [0.1, 0.15) is 20.8 Å². The smallest absolute Gasteiger partial charge is 0.163 e. The Labute approximate surface area is 112 Å². The molecule has 95 valence electrons. The number of hydrogen-bond donors (Lipinski definition) is 0. The maximum absolute atomic E-state index is 4.66. The quantitative estimate of drug-likeness (QED) is 0.755. The minimum absolute atomic E-state index is 0.316. The van der Waals surface area contributed by atoms with E-state index in [2.05, 4.69) is 68.7 Å². The van der Waals surface area contributed by atoms with Gasteiger partial charge in [0.15, 0.2) is 8.24 Å². The van der Waals surface area contributed by atoms with Crippen LogP contribution in [0.25, 0.3) is 11.0 Å². The molecule has 0 aromatic carbocycles. The van der Waals surface area contributed by atoms with Crippen LogP contribution in [0.2, 0.25) is 25.0 Å². The lowest BCUT2D eigenvalue weighted by Gasteiger charge is -2.38. The number of fused-ring (bicyclic) bond motifs is 1. The van der Waals surface area contributed by atoms with Gasteiger partial charge in [0.2, 0.25) is 0 Å². The van der Waals surface area contributed by atoms with Crippen LogP contribution in [0.15, 0.2) is 24.5 Å². The number of nitrogens with zero attached hydrogens (tertiary/aromatic N) is 2. The Morgan fingerprint density at radius 2 is 1.94 bits per heavy atom. The van der Waals surface area contributed by atoms with Crippen molar-refractivity contribution in [2.24, 2.45) is 0 Å². The third-order valence-electron chi connectivity index (χ3n) is 4.32. The highest BCUT2D eigenvalue weighted by molar-refractivity contribution is 6.79. The standard InChI is InChI=1S/C14H22BN2Si/c1-14(2,3)18(5,6)17-8-7-11-9-12(15-4)10-16-13(11)17/h7-10H,1-6H3. The molecule has 0 fully saturated rings. The zero-order chi connectivity index (χ0) is 13.6. The second-order valence-electron chi connectivity index (χ2n) is 6.46. The Kier molecular flexibility index (Phi) is 3.18. The zero-order valence-corrected chi connectivity index (χ0v) is 13.3. The summed E-state index contributed by atoms with van der Waals surface area (Å²) < 4.78 is 2.43. The second-order valence-corrected chi connectivity index (χ2v) is 11.6. The molecule has 0 amide bonds. The summed E-state index contributed by atoms with van der Waals surface area (Å²) in [6, 6.07) is 4.40. The van der Waals surface area contributed by atoms with Gasteiger partial charge in [-0.2, -0.15) is 0 Å². The molecule has 4 heteroatoms. The molecular formula is C14H22BN2Si. The summed E-state index contributed by atoms with van der Waals surface area (Å²) in [5.74, 6) is 0. The fourth-order valence-corrected chi connectivity index (χ4v) is 3.90. The van der Waals surface area contributed by atoms with Crippen LogP contribution >= 0.6 is 0 Å². The molecule has 0 spiro atoms. The highest BCUT2D eigenvalue weighted by atomic mass is 28.3. The van der Waals surface area contributed by atoms with E-state index in [0.29, 0.717) is 5.04 Å². The Hall–Kier alpha value is -1.03. The van der Waals surface area contributed by atoms with Gasteiger partial charge in [-0.25, -0.2) is 4.98 Å². The maximum atomic E-state index is 4.66. The van der Waals surface area contributed by atoms with Crippen molar-refractivity contribution < 1.29 is 0 Å². The molecule has 0 aliphatic carbocycles. The molecule has 0 atom stereocenters. The summed E-state index contributed by atoms with van der Waals surface area (Å²) in [5, 5.41) is 1.56. The largest absolute Gasteiger partial charge is 0.359 e. The van der Waals surface area contributed by atoms with E-state index < -0.39 is 8.24 Å². The summed E-state index contributed by atoms with van der Waals surface area (Å²) in [5.41, 5.74) is 2.32. The second kappa shape index (κ2) is 4.27. The normalized spacial score (nSPS) is 13.0. The predicted molar refractivity (Wildman–Crippen MR) is 83.6 cm³/mol. The van der Waals surface area contributed by atoms with Crippen molar-refractivity contribution in [1.29, 1.82) is 0 Å². The van der Waals surface area contributed by atoms with E-state index in [9.17, 15) is 0 Å². The summed E-state index contributed by atoms with van der Waals surface area (Å²) in [4.78, 5) is 4.66. The number of hydrogen-bond acceptors (Lipinski definition) is 1. The first-order valence-electron chi connectivity index (χ1n) is 6.54. The van der Waals surface area contributed by atoms with Gasteiger partial charge < -0.3 is 4.23 Å². The van der Waals surface area contributed by atoms with Gasteiger partial charge in [0.25, 0.3) is 0 Å². The Balaban J connectivity index is 2.60. The van der Waals surface area contributed by atoms with E-state index in [0.717, 1.165) is 5.65 Å². The molecule has 0 saturated carbocycles. The Morgan fingerprint density at radius 1 is 1.28 bits per heavy atom. The molecule has 2 nitrogen and oxygen atoms in total. The van der Waals surface area contributed by atoms with E-state index in [-0.39, 0.29) is 0 Å². The highest BCUT2D eigenvalue weighted by Crippen LogP contribution is 2.38. The SMILES string of the molecule is C[B]c1cnc2c(ccn2[Si](C)(C)C(C)(C)C)c1. The Morgan fingerprint density at radius 3 is 2.50 bits per heavy atom. The number of aromatic nitrogens is 2. The van der Waals surface area contributed by atoms with Crippen molar-refractivity contribution in [3.63, 3.8) is 0 Å². The summed E-state index contributed by atoms with van der Waals surface area (Å²) >= 11 is 0. The number of pyridine rings is 1. The average Bonchev–Trinajstić information content (AvgIpc) is 2.70. The van der Waals surface area contributed by atoms with Gasteiger partial charge in [-0.15, -0.1) is 0 Å². The zero-order valence-electron chi connectivity index (χ0n) is 12.3. The summed E-state index contributed by atoms with van der Waals surface area (Å²) in [6.07, 6.45) is 4.18. The van der Waals surface area contributed by atoms with E-state index in [1.165, 1.54) is 10.8 Å². The van der Waals surface area contributed by atoms with E-state index in [4.69, 9.17) is 0 Å². The van der Waals surface area contributed by atoms with Gasteiger partial charge >= 0.3 is 0 Å². The van der Waals surface area contributed by atoms with Gasteiger partial charge in [0, 0.05) is 11.6 Å². The van der Waals surface area contributed by atoms with Crippen LogP contribution < -0.4 is 5.46 Å². The van der Waals surface area contributed by atoms with Crippen LogP contribution in [-0.2, 0) is 0 Å². The minimum Gasteiger partial charge on any atom is -0.359 e. The predicted octanol–water partition coefficient (Wildman–Crippen LogP) is 3.27. The molecule has 0 aliphatic heterocycles. The lowest BCUT2D eigenvalue weighted by atomic mass is 9.74. The van der Waals surface area contributed by atoms with Crippen LogP contribution in [0, 0.1) is 0 Å². The fraction of sp³-hybridized carbons (Fsp3) is 0.500. The summed E-state index contributed by atoms with van der Waals surface area (Å²) in [7, 11) is 0.517. The Bertz CT molecular complexity index is 567. The third-order valence-corrected chi connectivity index (χ3v) is 9.55. The van der Waals surface area contributed by atoms with E-state index in [1.54, 1.807) is 0 Å². The molecule has 18 heavy (non-hydrogen) atoms. The molecule has 2 aromatic rings. The summed E-state index contributed by atoms with van der Waals surface area (Å²) in [6.45, 7) is 13.9. The molecule has 2 rings (SSSR count). The molecule has 0 bridgehead atoms. The van der Waals surface area contributed by atoms with Crippen LogP contribution in [0.5, 0.6) is 0 Å². The molecular weight excluding hydrogens is 235 g/mol. The third kappa shape index (κ3) is 2.03. The lowest BCUT2D eigenvalue weighted by molar-refractivity contribution is 0.702. The monoisotopic (exact) mass is 257 g/mol.